The molecule has 10 heteroatoms. The molecule has 2 heterocycles. The van der Waals surface area contributed by atoms with Gasteiger partial charge < -0.3 is 20.5 Å². The number of aromatic nitrogens is 3. The molecule has 0 aliphatic carbocycles. The van der Waals surface area contributed by atoms with Gasteiger partial charge in [0.05, 0.1) is 6.54 Å². The maximum absolute atomic E-state index is 14.0. The van der Waals surface area contributed by atoms with Crippen LogP contribution in [0.4, 0.5) is 10.2 Å². The van der Waals surface area contributed by atoms with Crippen LogP contribution in [0.5, 0.6) is 11.5 Å². The Morgan fingerprint density at radius 2 is 2.07 bits per heavy atom. The number of hydrogen-bond donors (Lipinski definition) is 2. The first-order valence-electron chi connectivity index (χ1n) is 8.31. The van der Waals surface area contributed by atoms with Gasteiger partial charge in [-0.15, -0.1) is 5.10 Å². The fourth-order valence-corrected chi connectivity index (χ4v) is 3.06. The topological polar surface area (TPSA) is 104 Å². The van der Waals surface area contributed by atoms with E-state index in [-0.39, 0.29) is 31.4 Å². The van der Waals surface area contributed by atoms with Crippen LogP contribution in [0.15, 0.2) is 40.9 Å². The monoisotopic (exact) mass is 447 g/mol. The van der Waals surface area contributed by atoms with Gasteiger partial charge in [0.2, 0.25) is 6.79 Å². The predicted molar refractivity (Wildman–Crippen MR) is 101 cm³/mol. The van der Waals surface area contributed by atoms with Gasteiger partial charge in [-0.3, -0.25) is 4.79 Å². The fourth-order valence-electron chi connectivity index (χ4n) is 2.73. The molecule has 1 aromatic heterocycles. The molecule has 0 fully saturated rings. The average molecular weight is 448 g/mol. The van der Waals surface area contributed by atoms with Crippen LogP contribution < -0.4 is 20.5 Å². The number of halogens is 2. The number of hydrogen-bond acceptors (Lipinski definition) is 6. The van der Waals surface area contributed by atoms with Gasteiger partial charge in [-0.2, -0.15) is 0 Å². The van der Waals surface area contributed by atoms with Gasteiger partial charge >= 0.3 is 0 Å². The third kappa shape index (κ3) is 3.63. The normalized spacial score (nSPS) is 12.2. The van der Waals surface area contributed by atoms with Crippen molar-refractivity contribution < 1.29 is 18.7 Å². The van der Waals surface area contributed by atoms with Crippen molar-refractivity contribution in [3.8, 4) is 11.5 Å². The summed E-state index contributed by atoms with van der Waals surface area (Å²) in [7, 11) is 0. The van der Waals surface area contributed by atoms with Gasteiger partial charge in [0, 0.05) is 16.6 Å². The number of carbonyl (C=O) groups excluding carboxylic acids is 1. The molecule has 144 valence electrons. The fraction of sp³-hybridized carbons (Fsp3) is 0.167. The maximum Gasteiger partial charge on any atom is 0.275 e. The number of nitrogens with zero attached hydrogens (tertiary/aromatic N) is 3. The van der Waals surface area contributed by atoms with E-state index < -0.39 is 11.7 Å². The third-order valence-electron chi connectivity index (χ3n) is 4.21. The molecule has 1 aliphatic heterocycles. The Kier molecular flexibility index (Phi) is 4.86. The van der Waals surface area contributed by atoms with E-state index in [2.05, 4.69) is 31.6 Å². The lowest BCUT2D eigenvalue weighted by atomic mass is 10.2. The molecule has 28 heavy (non-hydrogen) atoms. The highest BCUT2D eigenvalue weighted by atomic mass is 79.9. The largest absolute Gasteiger partial charge is 0.454 e. The zero-order valence-electron chi connectivity index (χ0n) is 14.5. The standard InChI is InChI=1S/C18H15BrFN5O3/c19-12-3-2-11(13(20)6-12)8-25-17(21)16(23-24-25)18(26)22-7-10-1-4-14-15(5-10)28-9-27-14/h1-6H,7-9,21H2,(H,22,26). The van der Waals surface area contributed by atoms with Crippen molar-refractivity contribution in [1.29, 1.82) is 0 Å². The van der Waals surface area contributed by atoms with E-state index >= 15 is 0 Å². The lowest BCUT2D eigenvalue weighted by Crippen LogP contribution is -2.24. The Morgan fingerprint density at radius 1 is 1.25 bits per heavy atom. The van der Waals surface area contributed by atoms with Gasteiger partial charge in [-0.1, -0.05) is 33.3 Å². The molecule has 0 spiro atoms. The maximum atomic E-state index is 14.0. The van der Waals surface area contributed by atoms with Crippen LogP contribution in [0.1, 0.15) is 21.6 Å². The van der Waals surface area contributed by atoms with Crippen molar-refractivity contribution in [1.82, 2.24) is 20.3 Å². The van der Waals surface area contributed by atoms with E-state index in [1.165, 1.54) is 10.7 Å². The van der Waals surface area contributed by atoms with E-state index in [0.717, 1.165) is 5.56 Å². The summed E-state index contributed by atoms with van der Waals surface area (Å²) in [6.07, 6.45) is 0. The van der Waals surface area contributed by atoms with Crippen LogP contribution in [0, 0.1) is 5.82 Å². The molecule has 0 unspecified atom stereocenters. The predicted octanol–water partition coefficient (Wildman–Crippen LogP) is 2.47. The Morgan fingerprint density at radius 3 is 2.89 bits per heavy atom. The number of benzene rings is 2. The molecule has 0 saturated carbocycles. The first-order chi connectivity index (χ1) is 13.5. The number of rotatable bonds is 5. The summed E-state index contributed by atoms with van der Waals surface area (Å²) in [6.45, 7) is 0.500. The molecular formula is C18H15BrFN5O3. The lowest BCUT2D eigenvalue weighted by molar-refractivity contribution is 0.0946. The molecular weight excluding hydrogens is 433 g/mol. The quantitative estimate of drug-likeness (QED) is 0.622. The molecule has 0 radical (unpaired) electrons. The van der Waals surface area contributed by atoms with Crippen molar-refractivity contribution in [3.63, 3.8) is 0 Å². The number of nitrogens with one attached hydrogen (secondary N) is 1. The zero-order valence-corrected chi connectivity index (χ0v) is 16.1. The van der Waals surface area contributed by atoms with Crippen LogP contribution >= 0.6 is 15.9 Å². The Hall–Kier alpha value is -3.14. The minimum Gasteiger partial charge on any atom is -0.454 e. The van der Waals surface area contributed by atoms with Gasteiger partial charge in [0.25, 0.3) is 5.91 Å². The van der Waals surface area contributed by atoms with Crippen molar-refractivity contribution in [3.05, 3.63) is 63.5 Å². The Balaban J connectivity index is 1.43. The van der Waals surface area contributed by atoms with Crippen molar-refractivity contribution in [2.24, 2.45) is 0 Å². The van der Waals surface area contributed by atoms with Gasteiger partial charge in [0.1, 0.15) is 5.82 Å². The second kappa shape index (κ2) is 7.47. The molecule has 1 amide bonds. The minimum atomic E-state index is -0.474. The molecule has 4 rings (SSSR count). The number of carbonyl (C=O) groups is 1. The molecule has 3 N–H and O–H groups in total. The summed E-state index contributed by atoms with van der Waals surface area (Å²) in [4.78, 5) is 12.4. The number of fused-ring (bicyclic) bond motifs is 1. The van der Waals surface area contributed by atoms with Gasteiger partial charge in [0.15, 0.2) is 23.0 Å². The van der Waals surface area contributed by atoms with E-state index in [1.807, 2.05) is 6.07 Å². The molecule has 1 aliphatic rings. The number of nitrogens with two attached hydrogens (primary N) is 1. The Labute approximate surface area is 167 Å². The van der Waals surface area contributed by atoms with E-state index in [0.29, 0.717) is 21.5 Å². The Bertz CT molecular complexity index is 1060. The highest BCUT2D eigenvalue weighted by Gasteiger charge is 2.19. The summed E-state index contributed by atoms with van der Waals surface area (Å²) in [5.74, 6) is 0.484. The number of ether oxygens (including phenoxy) is 2. The number of amides is 1. The van der Waals surface area contributed by atoms with Crippen LogP contribution in [0.25, 0.3) is 0 Å². The second-order valence-corrected chi connectivity index (χ2v) is 7.00. The van der Waals surface area contributed by atoms with Crippen molar-refractivity contribution in [2.45, 2.75) is 13.1 Å². The average Bonchev–Trinajstić information content (AvgIpc) is 3.28. The molecule has 2 aromatic carbocycles. The number of anilines is 1. The van der Waals surface area contributed by atoms with Crippen LogP contribution in [0.3, 0.4) is 0 Å². The van der Waals surface area contributed by atoms with E-state index in [4.69, 9.17) is 15.2 Å². The highest BCUT2D eigenvalue weighted by molar-refractivity contribution is 9.10. The number of nitrogen functional groups attached to an aromatic ring is 1. The highest BCUT2D eigenvalue weighted by Crippen LogP contribution is 2.32. The summed E-state index contributed by atoms with van der Waals surface area (Å²) >= 11 is 3.21. The summed E-state index contributed by atoms with van der Waals surface area (Å²) in [5.41, 5.74) is 7.18. The summed E-state index contributed by atoms with van der Waals surface area (Å²) in [5, 5.41) is 10.4. The summed E-state index contributed by atoms with van der Waals surface area (Å²) < 4.78 is 26.5. The zero-order chi connectivity index (χ0) is 19.7. The SMILES string of the molecule is Nc1c(C(=O)NCc2ccc3c(c2)OCO3)nnn1Cc1ccc(Br)cc1F. The van der Waals surface area contributed by atoms with Crippen molar-refractivity contribution in [2.75, 3.05) is 12.5 Å². The minimum absolute atomic E-state index is 0.0155. The van der Waals surface area contributed by atoms with Gasteiger partial charge in [-0.05, 0) is 29.8 Å². The second-order valence-electron chi connectivity index (χ2n) is 6.09. The molecule has 0 bridgehead atoms. The summed E-state index contributed by atoms with van der Waals surface area (Å²) in [6, 6.07) is 10.1. The van der Waals surface area contributed by atoms with Gasteiger partial charge in [-0.25, -0.2) is 9.07 Å². The van der Waals surface area contributed by atoms with Crippen LogP contribution in [0.2, 0.25) is 0 Å². The van der Waals surface area contributed by atoms with E-state index in [1.54, 1.807) is 24.3 Å². The first kappa shape index (κ1) is 18.2. The third-order valence-corrected chi connectivity index (χ3v) is 4.71. The smallest absolute Gasteiger partial charge is 0.275 e. The molecule has 0 atom stereocenters. The van der Waals surface area contributed by atoms with Crippen molar-refractivity contribution >= 4 is 27.7 Å². The lowest BCUT2D eigenvalue weighted by Gasteiger charge is -2.07. The molecule has 0 saturated heterocycles. The molecule has 8 nitrogen and oxygen atoms in total. The van der Waals surface area contributed by atoms with Crippen LogP contribution in [-0.4, -0.2) is 27.7 Å². The molecule has 3 aromatic rings. The first-order valence-corrected chi connectivity index (χ1v) is 9.10. The van der Waals surface area contributed by atoms with Crippen LogP contribution in [-0.2, 0) is 13.1 Å². The van der Waals surface area contributed by atoms with E-state index in [9.17, 15) is 9.18 Å².